The zero-order valence-corrected chi connectivity index (χ0v) is 16.8. The molecule has 1 aromatic rings. The molecule has 1 aromatic carbocycles. The fourth-order valence-electron chi connectivity index (χ4n) is 4.11. The molecule has 3 aliphatic heterocycles. The van der Waals surface area contributed by atoms with Gasteiger partial charge in [0.15, 0.2) is 9.84 Å². The quantitative estimate of drug-likeness (QED) is 0.603. The van der Waals surface area contributed by atoms with E-state index in [1.165, 1.54) is 11.1 Å². The maximum atomic E-state index is 12.2. The third-order valence-electron chi connectivity index (χ3n) is 6.51. The first-order valence-electron chi connectivity index (χ1n) is 9.45. The van der Waals surface area contributed by atoms with Crippen molar-refractivity contribution in [1.82, 2.24) is 0 Å². The molecule has 2 unspecified atom stereocenters. The summed E-state index contributed by atoms with van der Waals surface area (Å²) in [5.41, 5.74) is 2.81. The van der Waals surface area contributed by atoms with Crippen molar-refractivity contribution < 1.29 is 17.7 Å². The van der Waals surface area contributed by atoms with Crippen molar-refractivity contribution in [3.63, 3.8) is 0 Å². The van der Waals surface area contributed by atoms with Gasteiger partial charge in [0.1, 0.15) is 0 Å². The van der Waals surface area contributed by atoms with E-state index in [4.69, 9.17) is 9.31 Å². The Morgan fingerprint density at radius 1 is 1.04 bits per heavy atom. The van der Waals surface area contributed by atoms with Gasteiger partial charge < -0.3 is 9.31 Å². The Morgan fingerprint density at radius 2 is 1.65 bits per heavy atom. The largest absolute Gasteiger partial charge is 0.494 e. The molecule has 0 saturated carbocycles. The summed E-state index contributed by atoms with van der Waals surface area (Å²) in [4.78, 5) is 0. The van der Waals surface area contributed by atoms with Crippen LogP contribution in [-0.2, 0) is 25.6 Å². The number of hydrogen-bond donors (Lipinski definition) is 0. The second-order valence-electron chi connectivity index (χ2n) is 8.86. The predicted molar refractivity (Wildman–Crippen MR) is 104 cm³/mol. The first kappa shape index (κ1) is 18.3. The summed E-state index contributed by atoms with van der Waals surface area (Å²) in [6, 6.07) is 8.33. The van der Waals surface area contributed by atoms with E-state index in [2.05, 4.69) is 52.0 Å². The first-order chi connectivity index (χ1) is 12.1. The Kier molecular flexibility index (Phi) is 4.18. The van der Waals surface area contributed by atoms with E-state index in [9.17, 15) is 8.42 Å². The summed E-state index contributed by atoms with van der Waals surface area (Å²) >= 11 is 0. The molecule has 2 bridgehead atoms. The van der Waals surface area contributed by atoms with Gasteiger partial charge in [-0.05, 0) is 64.4 Å². The van der Waals surface area contributed by atoms with E-state index < -0.39 is 9.84 Å². The van der Waals surface area contributed by atoms with Crippen LogP contribution in [0.1, 0.15) is 52.5 Å². The molecule has 0 aromatic heterocycles. The van der Waals surface area contributed by atoms with Gasteiger partial charge >= 0.3 is 7.12 Å². The fraction of sp³-hybridized carbons (Fsp3) is 0.600. The molecular formula is C20H27BO4S. The van der Waals surface area contributed by atoms with Gasteiger partial charge in [-0.1, -0.05) is 35.9 Å². The number of benzene rings is 1. The van der Waals surface area contributed by atoms with Crippen molar-refractivity contribution in [2.24, 2.45) is 0 Å². The van der Waals surface area contributed by atoms with Crippen LogP contribution < -0.4 is 5.46 Å². The van der Waals surface area contributed by atoms with E-state index >= 15 is 0 Å². The van der Waals surface area contributed by atoms with Crippen molar-refractivity contribution in [3.05, 3.63) is 41.5 Å². The van der Waals surface area contributed by atoms with Gasteiger partial charge in [0.25, 0.3) is 0 Å². The van der Waals surface area contributed by atoms with E-state index in [0.717, 1.165) is 24.7 Å². The molecule has 0 radical (unpaired) electrons. The Labute approximate surface area is 157 Å². The molecule has 3 aliphatic rings. The minimum Gasteiger partial charge on any atom is -0.399 e. The summed E-state index contributed by atoms with van der Waals surface area (Å²) in [6.07, 6.45) is 5.12. The molecule has 6 heteroatoms. The highest BCUT2D eigenvalue weighted by atomic mass is 32.2. The van der Waals surface area contributed by atoms with Gasteiger partial charge in [0.05, 0.1) is 21.7 Å². The lowest BCUT2D eigenvalue weighted by Gasteiger charge is -2.32. The van der Waals surface area contributed by atoms with Crippen LogP contribution in [0.15, 0.2) is 35.9 Å². The molecule has 2 fully saturated rings. The number of sulfone groups is 1. The SMILES string of the molecule is CC1(C)OB(c2ccc(CC3=CC4CCC(C3)S4(=O)=O)cc2)OC1(C)C. The van der Waals surface area contributed by atoms with Crippen LogP contribution in [0.4, 0.5) is 0 Å². The van der Waals surface area contributed by atoms with Gasteiger partial charge in [-0.15, -0.1) is 0 Å². The van der Waals surface area contributed by atoms with E-state index in [1.807, 2.05) is 6.08 Å². The van der Waals surface area contributed by atoms with Crippen molar-refractivity contribution in [1.29, 1.82) is 0 Å². The van der Waals surface area contributed by atoms with Crippen LogP contribution in [0.3, 0.4) is 0 Å². The zero-order valence-electron chi connectivity index (χ0n) is 16.0. The number of allylic oxidation sites excluding steroid dienone is 1. The summed E-state index contributed by atoms with van der Waals surface area (Å²) in [5.74, 6) is 0. The lowest BCUT2D eigenvalue weighted by Crippen LogP contribution is -2.41. The lowest BCUT2D eigenvalue weighted by atomic mass is 9.78. The molecule has 0 aliphatic carbocycles. The summed E-state index contributed by atoms with van der Waals surface area (Å²) in [7, 11) is -3.25. The normalized spacial score (nSPS) is 31.1. The lowest BCUT2D eigenvalue weighted by molar-refractivity contribution is 0.00578. The van der Waals surface area contributed by atoms with Crippen LogP contribution in [0.2, 0.25) is 0 Å². The smallest absolute Gasteiger partial charge is 0.399 e. The number of rotatable bonds is 3. The van der Waals surface area contributed by atoms with Crippen LogP contribution >= 0.6 is 0 Å². The molecule has 0 N–H and O–H groups in total. The molecule has 2 atom stereocenters. The Balaban J connectivity index is 1.47. The van der Waals surface area contributed by atoms with Gasteiger partial charge in [0.2, 0.25) is 0 Å². The third-order valence-corrected chi connectivity index (χ3v) is 9.05. The van der Waals surface area contributed by atoms with Crippen LogP contribution in [0.5, 0.6) is 0 Å². The molecule has 3 heterocycles. The van der Waals surface area contributed by atoms with E-state index in [0.29, 0.717) is 6.42 Å². The first-order valence-corrected chi connectivity index (χ1v) is 11.1. The molecular weight excluding hydrogens is 347 g/mol. The standard InChI is InChI=1S/C20H27BO4S/c1-19(2)20(3,4)25-21(24-19)16-7-5-14(6-8-16)11-15-12-17-9-10-18(13-15)26(17,22)23/h5-8,12,17-18H,9-11,13H2,1-4H3. The monoisotopic (exact) mass is 374 g/mol. The van der Waals surface area contributed by atoms with E-state index in [1.54, 1.807) is 0 Å². The highest BCUT2D eigenvalue weighted by Gasteiger charge is 2.51. The molecule has 4 nitrogen and oxygen atoms in total. The Morgan fingerprint density at radius 3 is 2.23 bits per heavy atom. The molecule has 140 valence electrons. The maximum Gasteiger partial charge on any atom is 0.494 e. The van der Waals surface area contributed by atoms with Gasteiger partial charge in [-0.2, -0.15) is 0 Å². The van der Waals surface area contributed by atoms with Crippen LogP contribution in [-0.4, -0.2) is 37.2 Å². The highest BCUT2D eigenvalue weighted by molar-refractivity contribution is 7.93. The second-order valence-corrected chi connectivity index (χ2v) is 11.3. The third kappa shape index (κ3) is 2.96. The second kappa shape index (κ2) is 5.95. The molecule has 4 rings (SSSR count). The average molecular weight is 374 g/mol. The topological polar surface area (TPSA) is 52.6 Å². The summed E-state index contributed by atoms with van der Waals surface area (Å²) in [5, 5.41) is -0.406. The van der Waals surface area contributed by atoms with Gasteiger partial charge in [-0.3, -0.25) is 0 Å². The summed E-state index contributed by atoms with van der Waals surface area (Å²) < 4.78 is 36.6. The number of hydrogen-bond acceptors (Lipinski definition) is 4. The highest BCUT2D eigenvalue weighted by Crippen LogP contribution is 2.38. The maximum absolute atomic E-state index is 12.2. The van der Waals surface area contributed by atoms with Crippen molar-refractivity contribution >= 4 is 22.4 Å². The predicted octanol–water partition coefficient (Wildman–Crippen LogP) is 2.80. The van der Waals surface area contributed by atoms with Crippen molar-refractivity contribution in [3.8, 4) is 0 Å². The average Bonchev–Trinajstić information content (AvgIpc) is 2.84. The van der Waals surface area contributed by atoms with E-state index in [-0.39, 0.29) is 28.8 Å². The Bertz CT molecular complexity index is 823. The number of fused-ring (bicyclic) bond motifs is 2. The minimum atomic E-state index is -2.90. The van der Waals surface area contributed by atoms with Crippen molar-refractivity contribution in [2.45, 2.75) is 75.1 Å². The van der Waals surface area contributed by atoms with Gasteiger partial charge in [-0.25, -0.2) is 8.42 Å². The van der Waals surface area contributed by atoms with Crippen molar-refractivity contribution in [2.75, 3.05) is 0 Å². The van der Waals surface area contributed by atoms with Crippen LogP contribution in [0.25, 0.3) is 0 Å². The zero-order chi connectivity index (χ0) is 18.7. The van der Waals surface area contributed by atoms with Crippen LogP contribution in [0, 0.1) is 0 Å². The molecule has 0 spiro atoms. The molecule has 0 amide bonds. The van der Waals surface area contributed by atoms with Gasteiger partial charge in [0, 0.05) is 0 Å². The molecule has 2 saturated heterocycles. The molecule has 26 heavy (non-hydrogen) atoms. The fourth-order valence-corrected chi connectivity index (χ4v) is 6.36. The minimum absolute atomic E-state index is 0.156. The Hall–Kier alpha value is -1.11. The summed E-state index contributed by atoms with van der Waals surface area (Å²) in [6.45, 7) is 8.22.